The van der Waals surface area contributed by atoms with Crippen LogP contribution in [0.15, 0.2) is 128 Å². The van der Waals surface area contributed by atoms with Crippen LogP contribution >= 0.6 is 0 Å². The fourth-order valence-corrected chi connectivity index (χ4v) is 7.29. The minimum absolute atomic E-state index is 0.0289. The first-order chi connectivity index (χ1) is 22.6. The number of pyridine rings is 1. The molecule has 5 aromatic carbocycles. The van der Waals surface area contributed by atoms with Gasteiger partial charge in [0.25, 0.3) is 0 Å². The third kappa shape index (κ3) is 3.91. The van der Waals surface area contributed by atoms with Crippen molar-refractivity contribution in [2.24, 2.45) is 0 Å². The van der Waals surface area contributed by atoms with Crippen molar-refractivity contribution in [1.82, 2.24) is 19.0 Å². The molecule has 9 rings (SSSR count). The number of para-hydroxylation sites is 3. The highest BCUT2D eigenvalue weighted by atomic mass is 16.5. The van der Waals surface area contributed by atoms with Crippen molar-refractivity contribution < 1.29 is 4.74 Å². The molecule has 1 aliphatic heterocycles. The van der Waals surface area contributed by atoms with E-state index in [1.807, 2.05) is 24.4 Å². The van der Waals surface area contributed by atoms with Gasteiger partial charge in [-0.15, -0.1) is 0 Å². The molecule has 0 saturated heterocycles. The van der Waals surface area contributed by atoms with Gasteiger partial charge in [0.2, 0.25) is 0 Å². The molecule has 7 heteroatoms. The van der Waals surface area contributed by atoms with Gasteiger partial charge in [-0.25, -0.2) is 9.97 Å². The highest BCUT2D eigenvalue weighted by Crippen LogP contribution is 2.41. The molecule has 0 N–H and O–H groups in total. The van der Waals surface area contributed by atoms with Gasteiger partial charge >= 0.3 is 6.98 Å². The van der Waals surface area contributed by atoms with Crippen molar-refractivity contribution in [1.29, 1.82) is 0 Å². The van der Waals surface area contributed by atoms with Gasteiger partial charge in [-0.3, -0.25) is 4.57 Å². The zero-order valence-electron chi connectivity index (χ0n) is 25.8. The number of nitrogens with zero attached hydrogens (tertiary/aromatic N) is 5. The molecule has 0 spiro atoms. The summed E-state index contributed by atoms with van der Waals surface area (Å²) in [6, 6.07) is 42.1. The van der Waals surface area contributed by atoms with Gasteiger partial charge in [0.05, 0.1) is 22.1 Å². The quantitative estimate of drug-likeness (QED) is 0.192. The van der Waals surface area contributed by atoms with Gasteiger partial charge in [-0.2, -0.15) is 0 Å². The Morgan fingerprint density at radius 3 is 2.20 bits per heavy atom. The third-order valence-electron chi connectivity index (χ3n) is 9.36. The Balaban J connectivity index is 1.18. The molecule has 0 fully saturated rings. The number of fused-ring (bicyclic) bond motifs is 8. The molecule has 3 aromatic heterocycles. The average Bonchev–Trinajstić information content (AvgIpc) is 3.62. The predicted molar refractivity (Wildman–Crippen MR) is 189 cm³/mol. The molecule has 220 valence electrons. The summed E-state index contributed by atoms with van der Waals surface area (Å²) >= 11 is 0. The van der Waals surface area contributed by atoms with Gasteiger partial charge in [0.15, 0.2) is 0 Å². The number of hydrogen-bond acceptors (Lipinski definition) is 4. The first-order valence-corrected chi connectivity index (χ1v) is 15.6. The molecule has 0 bridgehead atoms. The number of imidazole rings is 1. The van der Waals surface area contributed by atoms with E-state index in [9.17, 15) is 0 Å². The number of aryl methyl sites for hydroxylation is 2. The summed E-state index contributed by atoms with van der Waals surface area (Å²) < 4.78 is 11.2. The normalized spacial score (nSPS) is 12.6. The lowest BCUT2D eigenvalue weighted by Crippen LogP contribution is -2.56. The summed E-state index contributed by atoms with van der Waals surface area (Å²) in [5.74, 6) is 3.34. The molecule has 4 heterocycles. The van der Waals surface area contributed by atoms with E-state index in [1.54, 1.807) is 0 Å². The molecule has 0 unspecified atom stereocenters. The maximum absolute atomic E-state index is 6.62. The van der Waals surface area contributed by atoms with Crippen molar-refractivity contribution >= 4 is 51.0 Å². The molecule has 0 radical (unpaired) electrons. The standard InChI is InChI=1S/C39H30BN5O/c1-25-11-10-12-26(2)38(25)40-43(3)33-21-19-27(23-31(33)39-42-32-14-5-7-16-35(32)45(39)40)46-28-18-20-30-29-13-4-6-15-34(29)44(36(30)24-28)37-17-8-9-22-41-37/h4-24H,1-3H3. The molecule has 8 aromatic rings. The second-order valence-corrected chi connectivity index (χ2v) is 12.1. The Morgan fingerprint density at radius 1 is 0.652 bits per heavy atom. The summed E-state index contributed by atoms with van der Waals surface area (Å²) in [5.41, 5.74) is 10.3. The van der Waals surface area contributed by atoms with E-state index in [0.717, 1.165) is 61.8 Å². The third-order valence-corrected chi connectivity index (χ3v) is 9.36. The molecule has 6 nitrogen and oxygen atoms in total. The summed E-state index contributed by atoms with van der Waals surface area (Å²) in [6.07, 6.45) is 1.83. The zero-order chi connectivity index (χ0) is 30.9. The summed E-state index contributed by atoms with van der Waals surface area (Å²) in [6.45, 7) is 4.37. The maximum Gasteiger partial charge on any atom is 0.417 e. The van der Waals surface area contributed by atoms with Crippen LogP contribution in [0, 0.1) is 13.8 Å². The largest absolute Gasteiger partial charge is 0.457 e. The second kappa shape index (κ2) is 10.1. The molecule has 0 saturated carbocycles. The van der Waals surface area contributed by atoms with Crippen LogP contribution in [0.25, 0.3) is 50.0 Å². The van der Waals surface area contributed by atoms with Crippen LogP contribution in [-0.2, 0) is 0 Å². The topological polar surface area (TPSA) is 48.1 Å². The highest BCUT2D eigenvalue weighted by Gasteiger charge is 2.38. The van der Waals surface area contributed by atoms with Crippen LogP contribution in [0.5, 0.6) is 11.5 Å². The van der Waals surface area contributed by atoms with E-state index in [1.165, 1.54) is 22.0 Å². The predicted octanol–water partition coefficient (Wildman–Crippen LogP) is 8.30. The van der Waals surface area contributed by atoms with Crippen molar-refractivity contribution in [3.8, 4) is 28.7 Å². The SMILES string of the molecule is Cc1cccc(C)c1B1N(C)c2ccc(Oc3ccc4c5ccccc5n(-c5ccccn5)c4c3)cc2-c2nc3ccccc3n21. The van der Waals surface area contributed by atoms with E-state index >= 15 is 0 Å². The molecule has 0 aliphatic carbocycles. The van der Waals surface area contributed by atoms with Crippen LogP contribution in [0.4, 0.5) is 5.69 Å². The van der Waals surface area contributed by atoms with Crippen LogP contribution < -0.4 is 15.0 Å². The molecular formula is C39H30BN5O. The average molecular weight is 596 g/mol. The zero-order valence-corrected chi connectivity index (χ0v) is 25.8. The number of benzene rings is 5. The lowest BCUT2D eigenvalue weighted by atomic mass is 9.60. The van der Waals surface area contributed by atoms with Gasteiger partial charge in [-0.05, 0) is 87.0 Å². The van der Waals surface area contributed by atoms with Gasteiger partial charge in [-0.1, -0.05) is 65.7 Å². The fraction of sp³-hybridized carbons (Fsp3) is 0.0769. The van der Waals surface area contributed by atoms with Crippen molar-refractivity contribution in [3.63, 3.8) is 0 Å². The lowest BCUT2D eigenvalue weighted by molar-refractivity contribution is 0.483. The van der Waals surface area contributed by atoms with Crippen LogP contribution in [0.2, 0.25) is 0 Å². The molecule has 0 atom stereocenters. The maximum atomic E-state index is 6.62. The number of hydrogen-bond donors (Lipinski definition) is 0. The van der Waals surface area contributed by atoms with E-state index in [2.05, 4.69) is 143 Å². The Labute approximate surface area is 267 Å². The van der Waals surface area contributed by atoms with E-state index in [-0.39, 0.29) is 6.98 Å². The Kier molecular flexibility index (Phi) is 5.84. The first kappa shape index (κ1) is 26.6. The second-order valence-electron chi connectivity index (χ2n) is 12.1. The van der Waals surface area contributed by atoms with Gasteiger partial charge in [0.1, 0.15) is 23.1 Å². The van der Waals surface area contributed by atoms with Crippen LogP contribution in [0.1, 0.15) is 11.1 Å². The summed E-state index contributed by atoms with van der Waals surface area (Å²) in [5, 5.41) is 2.34. The lowest BCUT2D eigenvalue weighted by Gasteiger charge is -2.36. The highest BCUT2D eigenvalue weighted by molar-refractivity contribution is 6.77. The molecule has 1 aliphatic rings. The number of rotatable bonds is 4. The summed E-state index contributed by atoms with van der Waals surface area (Å²) in [4.78, 5) is 12.2. The van der Waals surface area contributed by atoms with Gasteiger partial charge in [0, 0.05) is 34.3 Å². The molecular weight excluding hydrogens is 565 g/mol. The number of ether oxygens (including phenoxy) is 1. The minimum atomic E-state index is -0.0289. The minimum Gasteiger partial charge on any atom is -0.457 e. The Bertz CT molecular complexity index is 2440. The van der Waals surface area contributed by atoms with E-state index < -0.39 is 0 Å². The van der Waals surface area contributed by atoms with Crippen molar-refractivity contribution in [2.75, 3.05) is 11.9 Å². The van der Waals surface area contributed by atoms with E-state index in [4.69, 9.17) is 9.72 Å². The fourth-order valence-electron chi connectivity index (χ4n) is 7.29. The number of aromatic nitrogens is 4. The first-order valence-electron chi connectivity index (χ1n) is 15.6. The molecule has 0 amide bonds. The monoisotopic (exact) mass is 595 g/mol. The smallest absolute Gasteiger partial charge is 0.417 e. The Hall–Kier alpha value is -5.82. The van der Waals surface area contributed by atoms with Gasteiger partial charge < -0.3 is 14.0 Å². The number of anilines is 1. The van der Waals surface area contributed by atoms with Crippen LogP contribution in [0.3, 0.4) is 0 Å². The molecule has 46 heavy (non-hydrogen) atoms. The van der Waals surface area contributed by atoms with Crippen LogP contribution in [-0.4, -0.2) is 33.0 Å². The van der Waals surface area contributed by atoms with E-state index in [0.29, 0.717) is 0 Å². The summed E-state index contributed by atoms with van der Waals surface area (Å²) in [7, 11) is 2.18. The van der Waals surface area contributed by atoms with Crippen molar-refractivity contribution in [2.45, 2.75) is 13.8 Å². The Morgan fingerprint density at radius 2 is 1.37 bits per heavy atom. The van der Waals surface area contributed by atoms with Crippen molar-refractivity contribution in [3.05, 3.63) is 139 Å².